The Morgan fingerprint density at radius 1 is 0.567 bits per heavy atom. The van der Waals surface area contributed by atoms with E-state index in [1.807, 2.05) is 0 Å². The number of nitrogens with one attached hydrogen (secondary N) is 1. The number of carbonyl (C=O) groups is 1. The average Bonchev–Trinajstić information content (AvgIpc) is 3.22. The van der Waals surface area contributed by atoms with Crippen molar-refractivity contribution in [3.05, 3.63) is 12.2 Å². The third kappa shape index (κ3) is 28.0. The lowest BCUT2D eigenvalue weighted by Crippen LogP contribution is -2.64. The first kappa shape index (κ1) is 57.1. The molecular weight excluding hydrogens is 789 g/mol. The normalized spacial score (nSPS) is 23.4. The molecule has 0 aliphatic heterocycles. The van der Waals surface area contributed by atoms with Crippen molar-refractivity contribution < 1.29 is 59.0 Å². The zero-order valence-electron chi connectivity index (χ0n) is 37.6. The number of allylic oxidation sites excluding steroid dienone is 2. The molecule has 1 fully saturated rings. The first-order valence-corrected chi connectivity index (χ1v) is 25.7. The van der Waals surface area contributed by atoms with Crippen LogP contribution in [-0.2, 0) is 18.4 Å². The van der Waals surface area contributed by atoms with Gasteiger partial charge in [0.05, 0.1) is 31.3 Å². The number of aliphatic hydroxyl groups excluding tert-OH is 7. The van der Waals surface area contributed by atoms with Gasteiger partial charge < -0.3 is 46.0 Å². The van der Waals surface area contributed by atoms with Crippen LogP contribution in [0.15, 0.2) is 12.2 Å². The van der Waals surface area contributed by atoms with Crippen LogP contribution in [0.3, 0.4) is 0 Å². The fraction of sp³-hybridized carbons (Fsp3) is 0.935. The number of carbonyl (C=O) groups excluding carboxylic acids is 1. The number of hydrogen-bond donors (Lipinski definition) is 9. The summed E-state index contributed by atoms with van der Waals surface area (Å²) in [5.41, 5.74) is 0. The Balaban J connectivity index is 2.45. The summed E-state index contributed by atoms with van der Waals surface area (Å²) in [5, 5.41) is 74.6. The van der Waals surface area contributed by atoms with Crippen molar-refractivity contribution in [2.45, 2.75) is 268 Å². The summed E-state index contributed by atoms with van der Waals surface area (Å²) in [7, 11) is -5.11. The smallest absolute Gasteiger partial charge is 0.393 e. The van der Waals surface area contributed by atoms with Crippen molar-refractivity contribution in [1.29, 1.82) is 0 Å². The zero-order valence-corrected chi connectivity index (χ0v) is 38.5. The van der Waals surface area contributed by atoms with Crippen LogP contribution in [0.25, 0.3) is 0 Å². The molecule has 1 aliphatic carbocycles. The molecule has 0 aromatic carbocycles. The van der Waals surface area contributed by atoms with Crippen molar-refractivity contribution in [3.63, 3.8) is 0 Å². The van der Waals surface area contributed by atoms with Gasteiger partial charge >= 0.3 is 7.82 Å². The van der Waals surface area contributed by atoms with E-state index in [2.05, 4.69) is 31.3 Å². The van der Waals surface area contributed by atoms with E-state index < -0.39 is 75.2 Å². The van der Waals surface area contributed by atoms with E-state index in [1.54, 1.807) is 0 Å². The van der Waals surface area contributed by atoms with Gasteiger partial charge in [-0.1, -0.05) is 180 Å². The van der Waals surface area contributed by atoms with Crippen LogP contribution >= 0.6 is 7.82 Å². The molecular formula is C46H90NO12P. The minimum Gasteiger partial charge on any atom is -0.393 e. The second-order valence-corrected chi connectivity index (χ2v) is 18.9. The van der Waals surface area contributed by atoms with Crippen LogP contribution in [0.2, 0.25) is 0 Å². The molecule has 1 aliphatic rings. The van der Waals surface area contributed by atoms with Gasteiger partial charge in [-0.25, -0.2) is 4.57 Å². The number of aliphatic hydroxyl groups is 7. The molecule has 0 spiro atoms. The molecule has 13 nitrogen and oxygen atoms in total. The van der Waals surface area contributed by atoms with E-state index >= 15 is 0 Å². The van der Waals surface area contributed by atoms with Crippen LogP contribution in [-0.4, -0.2) is 108 Å². The van der Waals surface area contributed by atoms with Crippen molar-refractivity contribution in [1.82, 2.24) is 5.32 Å². The average molecular weight is 880 g/mol. The lowest BCUT2D eigenvalue weighted by atomic mass is 9.85. The van der Waals surface area contributed by atoms with Gasteiger partial charge in [-0.3, -0.25) is 13.8 Å². The molecule has 356 valence electrons. The zero-order chi connectivity index (χ0) is 44.4. The van der Waals surface area contributed by atoms with E-state index in [1.165, 1.54) is 103 Å². The lowest BCUT2D eigenvalue weighted by molar-refractivity contribution is -0.220. The van der Waals surface area contributed by atoms with Crippen LogP contribution in [0.4, 0.5) is 0 Å². The summed E-state index contributed by atoms with van der Waals surface area (Å²) >= 11 is 0. The van der Waals surface area contributed by atoms with Gasteiger partial charge in [0.15, 0.2) is 0 Å². The Morgan fingerprint density at radius 3 is 1.37 bits per heavy atom. The van der Waals surface area contributed by atoms with Gasteiger partial charge in [0.2, 0.25) is 5.91 Å². The van der Waals surface area contributed by atoms with Crippen LogP contribution in [0, 0.1) is 0 Å². The second-order valence-electron chi connectivity index (χ2n) is 17.5. The van der Waals surface area contributed by atoms with Crippen LogP contribution in [0.1, 0.15) is 213 Å². The van der Waals surface area contributed by atoms with Crippen LogP contribution < -0.4 is 5.32 Å². The van der Waals surface area contributed by atoms with E-state index in [9.17, 15) is 50.0 Å². The molecule has 0 aromatic rings. The van der Waals surface area contributed by atoms with Crippen molar-refractivity contribution in [2.75, 3.05) is 6.61 Å². The molecule has 9 N–H and O–H groups in total. The lowest BCUT2D eigenvalue weighted by Gasteiger charge is -2.41. The first-order chi connectivity index (χ1) is 28.8. The third-order valence-electron chi connectivity index (χ3n) is 11.9. The topological polar surface area (TPSA) is 226 Å². The maximum absolute atomic E-state index is 13.0. The predicted molar refractivity (Wildman–Crippen MR) is 238 cm³/mol. The van der Waals surface area contributed by atoms with Crippen molar-refractivity contribution in [2.24, 2.45) is 0 Å². The molecule has 8 unspecified atom stereocenters. The van der Waals surface area contributed by atoms with Crippen LogP contribution in [0.5, 0.6) is 0 Å². The highest BCUT2D eigenvalue weighted by Crippen LogP contribution is 2.47. The number of phosphoric ester groups is 1. The molecule has 14 heteroatoms. The molecule has 1 saturated carbocycles. The number of unbranched alkanes of at least 4 members (excludes halogenated alkanes) is 25. The van der Waals surface area contributed by atoms with Gasteiger partial charge in [0, 0.05) is 0 Å². The SMILES string of the molecule is CCCCCCCCCCCC/C=C\CCCCCCCC(O)CC(=O)NC(COP(=O)(O)OC1C(O)C(O)C(O)C(O)C1O)C(O)CCCCCCCCCCCCC. The minimum absolute atomic E-state index is 0.225. The van der Waals surface area contributed by atoms with E-state index in [0.717, 1.165) is 70.6 Å². The monoisotopic (exact) mass is 880 g/mol. The van der Waals surface area contributed by atoms with E-state index in [4.69, 9.17) is 9.05 Å². The van der Waals surface area contributed by atoms with Gasteiger partial charge in [-0.2, -0.15) is 0 Å². The highest BCUT2D eigenvalue weighted by molar-refractivity contribution is 7.47. The third-order valence-corrected chi connectivity index (χ3v) is 12.9. The van der Waals surface area contributed by atoms with Crippen molar-refractivity contribution in [3.8, 4) is 0 Å². The number of hydrogen-bond acceptors (Lipinski definition) is 11. The minimum atomic E-state index is -5.11. The van der Waals surface area contributed by atoms with Gasteiger partial charge in [-0.05, 0) is 38.5 Å². The molecule has 0 saturated heterocycles. The Morgan fingerprint density at radius 2 is 0.933 bits per heavy atom. The second kappa shape index (κ2) is 36.4. The number of rotatable bonds is 40. The maximum atomic E-state index is 13.0. The fourth-order valence-corrected chi connectivity index (χ4v) is 8.85. The first-order valence-electron chi connectivity index (χ1n) is 24.2. The molecule has 0 heterocycles. The van der Waals surface area contributed by atoms with Crippen molar-refractivity contribution >= 4 is 13.7 Å². The molecule has 60 heavy (non-hydrogen) atoms. The van der Waals surface area contributed by atoms with E-state index in [-0.39, 0.29) is 12.8 Å². The molecule has 0 bridgehead atoms. The van der Waals surface area contributed by atoms with Gasteiger partial charge in [0.25, 0.3) is 0 Å². The summed E-state index contributed by atoms with van der Waals surface area (Å²) in [4.78, 5) is 23.4. The molecule has 8 atom stereocenters. The highest BCUT2D eigenvalue weighted by atomic mass is 31.2. The Hall–Kier alpha value is -0.960. The number of amides is 1. The molecule has 0 aromatic heterocycles. The highest BCUT2D eigenvalue weighted by Gasteiger charge is 2.51. The fourth-order valence-electron chi connectivity index (χ4n) is 7.89. The summed E-state index contributed by atoms with van der Waals surface area (Å²) < 4.78 is 22.9. The summed E-state index contributed by atoms with van der Waals surface area (Å²) in [6.07, 6.45) is 24.1. The van der Waals surface area contributed by atoms with Gasteiger partial charge in [0.1, 0.15) is 36.6 Å². The quantitative estimate of drug-likeness (QED) is 0.0161. The maximum Gasteiger partial charge on any atom is 0.472 e. The molecule has 1 rings (SSSR count). The number of phosphoric acid groups is 1. The van der Waals surface area contributed by atoms with E-state index in [0.29, 0.717) is 12.8 Å². The Bertz CT molecular complexity index is 1090. The molecule has 0 radical (unpaired) electrons. The summed E-state index contributed by atoms with van der Waals surface area (Å²) in [6.45, 7) is 3.78. The summed E-state index contributed by atoms with van der Waals surface area (Å²) in [5.74, 6) is -0.564. The largest absolute Gasteiger partial charge is 0.472 e. The standard InChI is InChI=1S/C46H90NO12P/c1-3-5-7-9-11-13-15-16-17-18-19-20-21-22-24-25-27-29-31-33-37(48)35-40(50)47-38(39(49)34-32-30-28-26-23-14-12-10-8-6-4-2)36-58-60(56,57)59-46-44(54)42(52)41(51)43(53)45(46)55/h20-21,37-39,41-46,48-49,51-55H,3-19,22-36H2,1-2H3,(H,47,50)(H,56,57)/b21-20-. The summed E-state index contributed by atoms with van der Waals surface area (Å²) in [6, 6.07) is -1.15. The predicted octanol–water partition coefficient (Wildman–Crippen LogP) is 8.20. The van der Waals surface area contributed by atoms with Gasteiger partial charge in [-0.15, -0.1) is 0 Å². The molecule has 1 amide bonds. The Kier molecular flexibility index (Phi) is 34.6. The Labute approximate surface area is 363 Å².